The summed E-state index contributed by atoms with van der Waals surface area (Å²) in [5, 5.41) is 0. The van der Waals surface area contributed by atoms with Crippen molar-refractivity contribution >= 4 is 55.8 Å². The van der Waals surface area contributed by atoms with Crippen LogP contribution in [-0.4, -0.2) is 10.5 Å². The molecule has 0 fully saturated rings. The maximum Gasteiger partial charge on any atom is 0.280 e. The van der Waals surface area contributed by atoms with Crippen molar-refractivity contribution in [1.82, 2.24) is 4.57 Å². The number of carbonyl (C=O) groups excluding carboxylic acids is 1. The lowest BCUT2D eigenvalue weighted by molar-refractivity contribution is 0.0997. The molecule has 3 nitrogen and oxygen atoms in total. The minimum absolute atomic E-state index is 0.186. The first-order valence-electron chi connectivity index (χ1n) is 8.87. The summed E-state index contributed by atoms with van der Waals surface area (Å²) in [5.41, 5.74) is 2.98. The van der Waals surface area contributed by atoms with Crippen LogP contribution in [0.15, 0.2) is 58.0 Å². The normalized spacial score (nSPS) is 11.8. The molecular formula is C21H20BrIN2OS. The van der Waals surface area contributed by atoms with Gasteiger partial charge in [-0.2, -0.15) is 4.99 Å². The Morgan fingerprint density at radius 1 is 1.15 bits per heavy atom. The molecule has 0 N–H and O–H groups in total. The molecule has 1 heterocycles. The molecule has 1 amide bonds. The van der Waals surface area contributed by atoms with Crippen molar-refractivity contribution in [3.8, 4) is 11.3 Å². The summed E-state index contributed by atoms with van der Waals surface area (Å²) in [4.78, 5) is 19.3. The number of hydrogen-bond donors (Lipinski definition) is 0. The van der Waals surface area contributed by atoms with Gasteiger partial charge in [0, 0.05) is 19.5 Å². The zero-order valence-electron chi connectivity index (χ0n) is 15.2. The van der Waals surface area contributed by atoms with Gasteiger partial charge in [0.05, 0.1) is 11.3 Å². The molecule has 0 bridgehead atoms. The van der Waals surface area contributed by atoms with Crippen molar-refractivity contribution in [2.24, 2.45) is 4.99 Å². The molecule has 0 unspecified atom stereocenters. The van der Waals surface area contributed by atoms with E-state index in [1.165, 1.54) is 10.6 Å². The molecule has 6 heteroatoms. The van der Waals surface area contributed by atoms with Crippen LogP contribution in [0.2, 0.25) is 0 Å². The van der Waals surface area contributed by atoms with Crippen LogP contribution < -0.4 is 4.80 Å². The highest BCUT2D eigenvalue weighted by atomic mass is 127. The van der Waals surface area contributed by atoms with Crippen LogP contribution in [0.1, 0.15) is 35.5 Å². The second kappa shape index (κ2) is 9.30. The topological polar surface area (TPSA) is 34.4 Å². The minimum Gasteiger partial charge on any atom is -0.316 e. The molecule has 0 spiro atoms. The number of thiazole rings is 1. The van der Waals surface area contributed by atoms with Gasteiger partial charge in [-0.1, -0.05) is 53.5 Å². The molecular weight excluding hydrogens is 535 g/mol. The fraction of sp³-hybridized carbons (Fsp3) is 0.238. The maximum absolute atomic E-state index is 12.8. The summed E-state index contributed by atoms with van der Waals surface area (Å²) < 4.78 is 4.14. The Bertz CT molecular complexity index is 1020. The van der Waals surface area contributed by atoms with Crippen LogP contribution in [0.5, 0.6) is 0 Å². The van der Waals surface area contributed by atoms with E-state index in [0.29, 0.717) is 5.56 Å². The van der Waals surface area contributed by atoms with Crippen LogP contribution in [0.3, 0.4) is 0 Å². The van der Waals surface area contributed by atoms with Gasteiger partial charge in [-0.3, -0.25) is 4.79 Å². The number of rotatable bonds is 5. The highest BCUT2D eigenvalue weighted by Gasteiger charge is 2.16. The van der Waals surface area contributed by atoms with E-state index in [9.17, 15) is 4.79 Å². The predicted octanol–water partition coefficient (Wildman–Crippen LogP) is 6.30. The highest BCUT2D eigenvalue weighted by molar-refractivity contribution is 14.1. The van der Waals surface area contributed by atoms with E-state index in [-0.39, 0.29) is 5.91 Å². The van der Waals surface area contributed by atoms with Gasteiger partial charge in [0.25, 0.3) is 5.91 Å². The van der Waals surface area contributed by atoms with Gasteiger partial charge in [-0.05, 0) is 65.8 Å². The number of hydrogen-bond acceptors (Lipinski definition) is 2. The van der Waals surface area contributed by atoms with Crippen molar-refractivity contribution in [3.63, 3.8) is 0 Å². The predicted molar refractivity (Wildman–Crippen MR) is 124 cm³/mol. The Hall–Kier alpha value is -1.25. The molecule has 3 aromatic rings. The van der Waals surface area contributed by atoms with E-state index in [0.717, 1.165) is 37.8 Å². The molecule has 3 rings (SSSR count). The summed E-state index contributed by atoms with van der Waals surface area (Å²) in [6, 6.07) is 15.9. The molecule has 140 valence electrons. The standard InChI is InChI=1S/C21H20BrIN2OS/c1-3-7-18-19(14-10-12-15(22)13-11-14)25(4-2)21(27-18)24-20(26)16-8-5-6-9-17(16)23/h5-6,8-13H,3-4,7H2,1-2H3. The van der Waals surface area contributed by atoms with Gasteiger partial charge in [0.1, 0.15) is 0 Å². The molecule has 0 aliphatic heterocycles. The third kappa shape index (κ3) is 4.60. The molecule has 1 aromatic heterocycles. The minimum atomic E-state index is -0.186. The number of nitrogens with zero attached hydrogens (tertiary/aromatic N) is 2. The molecule has 0 saturated carbocycles. The van der Waals surface area contributed by atoms with Gasteiger partial charge in [-0.15, -0.1) is 11.3 Å². The monoisotopic (exact) mass is 554 g/mol. The van der Waals surface area contributed by atoms with Crippen molar-refractivity contribution < 1.29 is 4.79 Å². The Morgan fingerprint density at radius 2 is 1.85 bits per heavy atom. The molecule has 0 atom stereocenters. The Balaban J connectivity index is 2.16. The number of amides is 1. The smallest absolute Gasteiger partial charge is 0.280 e. The van der Waals surface area contributed by atoms with Crippen molar-refractivity contribution in [3.05, 3.63) is 71.8 Å². The van der Waals surface area contributed by atoms with Crippen LogP contribution in [-0.2, 0) is 13.0 Å². The third-order valence-corrected chi connectivity index (χ3v) is 6.80. The number of aromatic nitrogens is 1. The lowest BCUT2D eigenvalue weighted by Crippen LogP contribution is -2.17. The van der Waals surface area contributed by atoms with E-state index in [2.05, 4.69) is 86.2 Å². The molecule has 2 aromatic carbocycles. The quantitative estimate of drug-likeness (QED) is 0.341. The van der Waals surface area contributed by atoms with Gasteiger partial charge < -0.3 is 4.57 Å². The zero-order valence-corrected chi connectivity index (χ0v) is 19.8. The van der Waals surface area contributed by atoms with E-state index >= 15 is 0 Å². The van der Waals surface area contributed by atoms with Gasteiger partial charge in [-0.25, -0.2) is 0 Å². The third-order valence-electron chi connectivity index (χ3n) is 4.19. The van der Waals surface area contributed by atoms with E-state index in [1.54, 1.807) is 11.3 Å². The van der Waals surface area contributed by atoms with Gasteiger partial charge in [0.2, 0.25) is 0 Å². The van der Waals surface area contributed by atoms with Crippen molar-refractivity contribution in [2.75, 3.05) is 0 Å². The second-order valence-corrected chi connectivity index (χ2v) is 9.19. The van der Waals surface area contributed by atoms with Crippen LogP contribution in [0, 0.1) is 3.57 Å². The summed E-state index contributed by atoms with van der Waals surface area (Å²) in [7, 11) is 0. The van der Waals surface area contributed by atoms with Gasteiger partial charge >= 0.3 is 0 Å². The zero-order chi connectivity index (χ0) is 19.4. The summed E-state index contributed by atoms with van der Waals surface area (Å²) in [6.45, 7) is 5.04. The van der Waals surface area contributed by atoms with Crippen LogP contribution in [0.25, 0.3) is 11.3 Å². The largest absolute Gasteiger partial charge is 0.316 e. The average molecular weight is 555 g/mol. The molecule has 27 heavy (non-hydrogen) atoms. The first-order chi connectivity index (χ1) is 13.0. The second-order valence-electron chi connectivity index (χ2n) is 6.05. The highest BCUT2D eigenvalue weighted by Crippen LogP contribution is 2.28. The molecule has 0 saturated heterocycles. The summed E-state index contributed by atoms with van der Waals surface area (Å²) in [6.07, 6.45) is 2.03. The first kappa shape index (κ1) is 20.5. The molecule has 0 aliphatic rings. The fourth-order valence-corrected chi connectivity index (χ4v) is 5.13. The average Bonchev–Trinajstić information content (AvgIpc) is 3.00. The first-order valence-corrected chi connectivity index (χ1v) is 11.6. The Morgan fingerprint density at radius 3 is 2.48 bits per heavy atom. The number of aryl methyl sites for hydroxylation is 1. The number of benzene rings is 2. The lowest BCUT2D eigenvalue weighted by atomic mass is 10.1. The fourth-order valence-electron chi connectivity index (χ4n) is 2.94. The van der Waals surface area contributed by atoms with Crippen LogP contribution >= 0.6 is 49.9 Å². The SMILES string of the molecule is CCCc1sc(=NC(=O)c2ccccc2I)n(CC)c1-c1ccc(Br)cc1. The van der Waals surface area contributed by atoms with Crippen LogP contribution in [0.4, 0.5) is 0 Å². The van der Waals surface area contributed by atoms with Crippen molar-refractivity contribution in [2.45, 2.75) is 33.2 Å². The maximum atomic E-state index is 12.8. The number of carbonyl (C=O) groups is 1. The Labute approximate surface area is 185 Å². The molecule has 0 aliphatic carbocycles. The summed E-state index contributed by atoms with van der Waals surface area (Å²) in [5.74, 6) is -0.186. The van der Waals surface area contributed by atoms with E-state index in [1.807, 2.05) is 24.3 Å². The van der Waals surface area contributed by atoms with Gasteiger partial charge in [0.15, 0.2) is 4.80 Å². The van der Waals surface area contributed by atoms with E-state index in [4.69, 9.17) is 0 Å². The molecule has 0 radical (unpaired) electrons. The summed E-state index contributed by atoms with van der Waals surface area (Å²) >= 11 is 7.32. The lowest BCUT2D eigenvalue weighted by Gasteiger charge is -2.09. The van der Waals surface area contributed by atoms with Crippen molar-refractivity contribution in [1.29, 1.82) is 0 Å². The Kier molecular flexibility index (Phi) is 7.05. The van der Waals surface area contributed by atoms with E-state index < -0.39 is 0 Å². The number of halogens is 2.